The highest BCUT2D eigenvalue weighted by molar-refractivity contribution is 5.43. The lowest BCUT2D eigenvalue weighted by Gasteiger charge is -2.16. The summed E-state index contributed by atoms with van der Waals surface area (Å²) < 4.78 is 5.10. The first-order chi connectivity index (χ1) is 8.60. The molecule has 0 aliphatic rings. The van der Waals surface area contributed by atoms with Gasteiger partial charge in [0.1, 0.15) is 5.69 Å². The number of pyridine rings is 1. The monoisotopic (exact) mass is 253 g/mol. The topological polar surface area (TPSA) is 77.3 Å². The Bertz CT molecular complexity index is 404. The van der Waals surface area contributed by atoms with Crippen molar-refractivity contribution in [3.8, 4) is 0 Å². The molecule has 0 amide bonds. The van der Waals surface area contributed by atoms with E-state index in [9.17, 15) is 10.1 Å². The number of hydrogen-bond acceptors (Lipinski definition) is 5. The van der Waals surface area contributed by atoms with E-state index in [-0.39, 0.29) is 16.7 Å². The third-order valence-corrected chi connectivity index (χ3v) is 2.68. The Balaban J connectivity index is 2.94. The number of hydrogen-bond donors (Lipinski definition) is 1. The standard InChI is InChI=1S/C12H19N3O3/c1-4-13-10(8-18-3)7-11-12(15(16)17)9(2)5-6-14-11/h5-6,10,13H,4,7-8H2,1-3H3. The van der Waals surface area contributed by atoms with Crippen LogP contribution in [0, 0.1) is 17.0 Å². The fourth-order valence-electron chi connectivity index (χ4n) is 1.92. The lowest BCUT2D eigenvalue weighted by atomic mass is 10.1. The van der Waals surface area contributed by atoms with Crippen molar-refractivity contribution in [1.29, 1.82) is 0 Å². The predicted molar refractivity (Wildman–Crippen MR) is 68.7 cm³/mol. The summed E-state index contributed by atoms with van der Waals surface area (Å²) in [5.41, 5.74) is 1.25. The number of rotatable bonds is 7. The molecule has 18 heavy (non-hydrogen) atoms. The summed E-state index contributed by atoms with van der Waals surface area (Å²) >= 11 is 0. The minimum atomic E-state index is -0.368. The number of ether oxygens (including phenoxy) is 1. The molecule has 1 heterocycles. The van der Waals surface area contributed by atoms with Gasteiger partial charge < -0.3 is 10.1 Å². The van der Waals surface area contributed by atoms with E-state index < -0.39 is 0 Å². The predicted octanol–water partition coefficient (Wildman–Crippen LogP) is 1.47. The number of aromatic nitrogens is 1. The molecular weight excluding hydrogens is 234 g/mol. The molecule has 1 N–H and O–H groups in total. The average Bonchev–Trinajstić information content (AvgIpc) is 2.29. The Morgan fingerprint density at radius 3 is 2.89 bits per heavy atom. The summed E-state index contributed by atoms with van der Waals surface area (Å²) in [5.74, 6) is 0. The molecule has 1 aromatic rings. The van der Waals surface area contributed by atoms with Gasteiger partial charge in [-0.2, -0.15) is 0 Å². The molecule has 1 unspecified atom stereocenters. The first kappa shape index (κ1) is 14.5. The fourth-order valence-corrected chi connectivity index (χ4v) is 1.92. The van der Waals surface area contributed by atoms with Crippen LogP contribution in [0.1, 0.15) is 18.2 Å². The molecule has 0 bridgehead atoms. The molecule has 0 saturated carbocycles. The van der Waals surface area contributed by atoms with Crippen molar-refractivity contribution in [3.05, 3.63) is 33.6 Å². The zero-order chi connectivity index (χ0) is 13.5. The third kappa shape index (κ3) is 3.75. The first-order valence-electron chi connectivity index (χ1n) is 5.91. The van der Waals surface area contributed by atoms with E-state index in [1.54, 1.807) is 26.3 Å². The van der Waals surface area contributed by atoms with Crippen molar-refractivity contribution >= 4 is 5.69 Å². The van der Waals surface area contributed by atoms with E-state index in [2.05, 4.69) is 10.3 Å². The molecule has 1 aromatic heterocycles. The lowest BCUT2D eigenvalue weighted by Crippen LogP contribution is -2.35. The van der Waals surface area contributed by atoms with Gasteiger partial charge in [0, 0.05) is 31.3 Å². The van der Waals surface area contributed by atoms with Crippen molar-refractivity contribution in [2.75, 3.05) is 20.3 Å². The zero-order valence-electron chi connectivity index (χ0n) is 11.0. The van der Waals surface area contributed by atoms with Crippen LogP contribution in [-0.4, -0.2) is 36.2 Å². The number of nitro groups is 1. The summed E-state index contributed by atoms with van der Waals surface area (Å²) in [5, 5.41) is 14.3. The molecule has 0 aliphatic heterocycles. The minimum Gasteiger partial charge on any atom is -0.383 e. The van der Waals surface area contributed by atoms with Crippen LogP contribution < -0.4 is 5.32 Å². The van der Waals surface area contributed by atoms with Crippen LogP contribution in [0.15, 0.2) is 12.3 Å². The zero-order valence-corrected chi connectivity index (χ0v) is 11.0. The van der Waals surface area contributed by atoms with Crippen molar-refractivity contribution < 1.29 is 9.66 Å². The summed E-state index contributed by atoms with van der Waals surface area (Å²) in [4.78, 5) is 14.8. The van der Waals surface area contributed by atoms with Gasteiger partial charge in [0.25, 0.3) is 5.69 Å². The molecule has 1 atom stereocenters. The second kappa shape index (κ2) is 7.03. The average molecular weight is 253 g/mol. The number of methoxy groups -OCH3 is 1. The summed E-state index contributed by atoms with van der Waals surface area (Å²) in [6, 6.07) is 1.69. The second-order valence-electron chi connectivity index (χ2n) is 4.09. The number of nitrogens with one attached hydrogen (secondary N) is 1. The van der Waals surface area contributed by atoms with Gasteiger partial charge in [0.2, 0.25) is 0 Å². The van der Waals surface area contributed by atoms with Crippen molar-refractivity contribution in [2.45, 2.75) is 26.3 Å². The number of likely N-dealkylation sites (N-methyl/N-ethyl adjacent to an activating group) is 1. The molecule has 0 aliphatic carbocycles. The smallest absolute Gasteiger partial charge is 0.293 e. The summed E-state index contributed by atoms with van der Waals surface area (Å²) in [7, 11) is 1.61. The Morgan fingerprint density at radius 1 is 1.61 bits per heavy atom. The van der Waals surface area contributed by atoms with Crippen molar-refractivity contribution in [1.82, 2.24) is 10.3 Å². The largest absolute Gasteiger partial charge is 0.383 e. The highest BCUT2D eigenvalue weighted by Crippen LogP contribution is 2.22. The number of nitrogens with zero attached hydrogens (tertiary/aromatic N) is 2. The van der Waals surface area contributed by atoms with Crippen LogP contribution in [0.4, 0.5) is 5.69 Å². The summed E-state index contributed by atoms with van der Waals surface area (Å²) in [6.07, 6.45) is 2.09. The van der Waals surface area contributed by atoms with E-state index in [1.165, 1.54) is 0 Å². The maximum atomic E-state index is 11.1. The Hall–Kier alpha value is -1.53. The van der Waals surface area contributed by atoms with Gasteiger partial charge >= 0.3 is 0 Å². The molecule has 0 fully saturated rings. The molecule has 6 heteroatoms. The maximum absolute atomic E-state index is 11.1. The maximum Gasteiger partial charge on any atom is 0.293 e. The van der Waals surface area contributed by atoms with Gasteiger partial charge in [-0.1, -0.05) is 6.92 Å². The van der Waals surface area contributed by atoms with Crippen LogP contribution in [0.5, 0.6) is 0 Å². The van der Waals surface area contributed by atoms with Crippen molar-refractivity contribution in [3.63, 3.8) is 0 Å². The van der Waals surface area contributed by atoms with Gasteiger partial charge in [-0.25, -0.2) is 0 Å². The molecule has 0 aromatic carbocycles. The Labute approximate surface area is 107 Å². The van der Waals surface area contributed by atoms with Crippen LogP contribution in [0.2, 0.25) is 0 Å². The molecular formula is C12H19N3O3. The van der Waals surface area contributed by atoms with E-state index in [0.29, 0.717) is 24.3 Å². The second-order valence-corrected chi connectivity index (χ2v) is 4.09. The van der Waals surface area contributed by atoms with Crippen molar-refractivity contribution in [2.24, 2.45) is 0 Å². The molecule has 0 saturated heterocycles. The lowest BCUT2D eigenvalue weighted by molar-refractivity contribution is -0.386. The van der Waals surface area contributed by atoms with Crippen LogP contribution in [-0.2, 0) is 11.2 Å². The molecule has 0 spiro atoms. The molecule has 6 nitrogen and oxygen atoms in total. The van der Waals surface area contributed by atoms with Crippen LogP contribution in [0.3, 0.4) is 0 Å². The normalized spacial score (nSPS) is 12.4. The fraction of sp³-hybridized carbons (Fsp3) is 0.583. The van der Waals surface area contributed by atoms with Gasteiger partial charge in [-0.05, 0) is 19.5 Å². The quantitative estimate of drug-likeness (QED) is 0.588. The highest BCUT2D eigenvalue weighted by Gasteiger charge is 2.21. The van der Waals surface area contributed by atoms with Gasteiger partial charge in [0.05, 0.1) is 11.5 Å². The van der Waals surface area contributed by atoms with E-state index in [4.69, 9.17) is 4.74 Å². The van der Waals surface area contributed by atoms with E-state index in [1.807, 2.05) is 6.92 Å². The van der Waals surface area contributed by atoms with E-state index in [0.717, 1.165) is 6.54 Å². The Kier molecular flexibility index (Phi) is 5.67. The Morgan fingerprint density at radius 2 is 2.33 bits per heavy atom. The minimum absolute atomic E-state index is 0.0352. The molecule has 0 radical (unpaired) electrons. The van der Waals surface area contributed by atoms with E-state index >= 15 is 0 Å². The highest BCUT2D eigenvalue weighted by atomic mass is 16.6. The molecule has 1 rings (SSSR count). The molecule has 100 valence electrons. The van der Waals surface area contributed by atoms with Gasteiger partial charge in [-0.15, -0.1) is 0 Å². The van der Waals surface area contributed by atoms with Crippen LogP contribution >= 0.6 is 0 Å². The van der Waals surface area contributed by atoms with Gasteiger partial charge in [0.15, 0.2) is 0 Å². The summed E-state index contributed by atoms with van der Waals surface area (Å²) in [6.45, 7) is 5.00. The van der Waals surface area contributed by atoms with Gasteiger partial charge in [-0.3, -0.25) is 15.1 Å². The SMILES string of the molecule is CCNC(COC)Cc1nccc(C)c1[N+](=O)[O-]. The third-order valence-electron chi connectivity index (χ3n) is 2.68. The first-order valence-corrected chi connectivity index (χ1v) is 5.91. The number of aryl methyl sites for hydroxylation is 1. The van der Waals surface area contributed by atoms with Crippen LogP contribution in [0.25, 0.3) is 0 Å².